The molecule has 0 unspecified atom stereocenters. The van der Waals surface area contributed by atoms with E-state index in [2.05, 4.69) is 5.32 Å². The molecule has 2 rings (SSSR count). The van der Waals surface area contributed by atoms with Crippen LogP contribution in [0.15, 0.2) is 0 Å². The van der Waals surface area contributed by atoms with Crippen molar-refractivity contribution in [3.05, 3.63) is 5.92 Å². The lowest BCUT2D eigenvalue weighted by Gasteiger charge is -2.45. The van der Waals surface area contributed by atoms with Crippen molar-refractivity contribution in [2.75, 3.05) is 13.1 Å². The third-order valence-electron chi connectivity index (χ3n) is 3.81. The molecule has 0 bridgehead atoms. The Morgan fingerprint density at radius 3 is 2.13 bits per heavy atom. The topological polar surface area (TPSA) is 12.0 Å². The summed E-state index contributed by atoms with van der Waals surface area (Å²) in [5, 5.41) is 3.17. The van der Waals surface area contributed by atoms with Gasteiger partial charge in [0, 0.05) is 0 Å². The predicted octanol–water partition coefficient (Wildman–Crippen LogP) is 3.07. The summed E-state index contributed by atoms with van der Waals surface area (Å²) in [7, 11) is 0. The Morgan fingerprint density at radius 2 is 1.73 bits per heavy atom. The van der Waals surface area contributed by atoms with Crippen LogP contribution in [0.2, 0.25) is 0 Å². The second kappa shape index (κ2) is 3.96. The first-order valence-corrected chi connectivity index (χ1v) is 5.65. The SMILES string of the molecule is FC(F)(F)C1(C[C]2CCNCC2)CCC1. The maximum Gasteiger partial charge on any atom is 0.394 e. The zero-order valence-corrected chi connectivity index (χ0v) is 8.79. The standard InChI is InChI=1S/C11H17F3N/c12-11(13,14)10(4-1-5-10)8-9-2-6-15-7-3-9/h15H,1-8H2. The Bertz CT molecular complexity index is 214. The molecule has 1 heterocycles. The third-order valence-corrected chi connectivity index (χ3v) is 3.81. The summed E-state index contributed by atoms with van der Waals surface area (Å²) >= 11 is 0. The van der Waals surface area contributed by atoms with E-state index in [1.165, 1.54) is 0 Å². The third kappa shape index (κ3) is 2.14. The van der Waals surface area contributed by atoms with Gasteiger partial charge in [0.25, 0.3) is 0 Å². The van der Waals surface area contributed by atoms with E-state index in [0.717, 1.165) is 38.3 Å². The summed E-state index contributed by atoms with van der Waals surface area (Å²) in [5.41, 5.74) is -1.35. The second-order valence-electron chi connectivity index (χ2n) is 4.81. The van der Waals surface area contributed by atoms with E-state index in [1.807, 2.05) is 0 Å². The number of rotatable bonds is 2. The molecule has 1 aliphatic heterocycles. The van der Waals surface area contributed by atoms with E-state index in [4.69, 9.17) is 0 Å². The Kier molecular flexibility index (Phi) is 2.97. The quantitative estimate of drug-likeness (QED) is 0.754. The highest BCUT2D eigenvalue weighted by atomic mass is 19.4. The van der Waals surface area contributed by atoms with Gasteiger partial charge >= 0.3 is 6.18 Å². The maximum atomic E-state index is 12.9. The predicted molar refractivity (Wildman–Crippen MR) is 52.3 cm³/mol. The fourth-order valence-corrected chi connectivity index (χ4v) is 2.60. The van der Waals surface area contributed by atoms with Gasteiger partial charge in [0.1, 0.15) is 0 Å². The molecule has 4 heteroatoms. The fraction of sp³-hybridized carbons (Fsp3) is 0.909. The molecule has 1 saturated carbocycles. The van der Waals surface area contributed by atoms with Crippen molar-refractivity contribution in [1.82, 2.24) is 5.32 Å². The molecule has 1 aliphatic carbocycles. The lowest BCUT2D eigenvalue weighted by Crippen LogP contribution is -2.45. The van der Waals surface area contributed by atoms with Gasteiger partial charge in [-0.15, -0.1) is 0 Å². The van der Waals surface area contributed by atoms with Gasteiger partial charge in [-0.1, -0.05) is 6.42 Å². The Labute approximate surface area is 88.4 Å². The number of hydrogen-bond acceptors (Lipinski definition) is 1. The van der Waals surface area contributed by atoms with Crippen molar-refractivity contribution in [2.24, 2.45) is 5.41 Å². The number of hydrogen-bond donors (Lipinski definition) is 1. The average Bonchev–Trinajstić information content (AvgIpc) is 2.11. The van der Waals surface area contributed by atoms with Crippen molar-refractivity contribution in [1.29, 1.82) is 0 Å². The van der Waals surface area contributed by atoms with Gasteiger partial charge in [0.15, 0.2) is 0 Å². The minimum absolute atomic E-state index is 0.290. The van der Waals surface area contributed by atoms with Crippen LogP contribution < -0.4 is 5.32 Å². The van der Waals surface area contributed by atoms with Gasteiger partial charge in [0.2, 0.25) is 0 Å². The van der Waals surface area contributed by atoms with E-state index in [0.29, 0.717) is 12.8 Å². The van der Waals surface area contributed by atoms with Gasteiger partial charge in [0.05, 0.1) is 5.41 Å². The first kappa shape index (κ1) is 11.2. The van der Waals surface area contributed by atoms with E-state index in [-0.39, 0.29) is 6.42 Å². The van der Waals surface area contributed by atoms with Crippen LogP contribution in [0.25, 0.3) is 0 Å². The number of alkyl halides is 3. The van der Waals surface area contributed by atoms with Crippen LogP contribution in [0.1, 0.15) is 38.5 Å². The summed E-state index contributed by atoms with van der Waals surface area (Å²) in [5.74, 6) is 1.12. The molecule has 1 N–H and O–H groups in total. The molecule has 15 heavy (non-hydrogen) atoms. The smallest absolute Gasteiger partial charge is 0.317 e. The van der Waals surface area contributed by atoms with Crippen LogP contribution in [-0.4, -0.2) is 19.3 Å². The molecule has 1 saturated heterocycles. The second-order valence-corrected chi connectivity index (χ2v) is 4.81. The lowest BCUT2D eigenvalue weighted by molar-refractivity contribution is -0.252. The number of nitrogens with one attached hydrogen (secondary N) is 1. The molecule has 0 aromatic rings. The van der Waals surface area contributed by atoms with Gasteiger partial charge in [-0.3, -0.25) is 0 Å². The summed E-state index contributed by atoms with van der Waals surface area (Å²) in [6.45, 7) is 1.70. The van der Waals surface area contributed by atoms with E-state index in [1.54, 1.807) is 0 Å². The van der Waals surface area contributed by atoms with Crippen LogP contribution in [0.4, 0.5) is 13.2 Å². The molecule has 87 valence electrons. The normalized spacial score (nSPS) is 27.4. The van der Waals surface area contributed by atoms with Gasteiger partial charge in [-0.05, 0) is 51.1 Å². The van der Waals surface area contributed by atoms with Gasteiger partial charge in [-0.25, -0.2) is 0 Å². The largest absolute Gasteiger partial charge is 0.394 e. The van der Waals surface area contributed by atoms with Gasteiger partial charge in [-0.2, -0.15) is 13.2 Å². The zero-order chi connectivity index (χ0) is 10.9. The molecule has 1 radical (unpaired) electrons. The lowest BCUT2D eigenvalue weighted by atomic mass is 9.62. The molecule has 0 aromatic carbocycles. The Morgan fingerprint density at radius 1 is 1.13 bits per heavy atom. The molecular weight excluding hydrogens is 203 g/mol. The molecule has 2 fully saturated rings. The minimum Gasteiger partial charge on any atom is -0.317 e. The minimum atomic E-state index is -4.00. The van der Waals surface area contributed by atoms with Crippen LogP contribution in [0.5, 0.6) is 0 Å². The Hall–Kier alpha value is -0.250. The summed E-state index contributed by atoms with van der Waals surface area (Å²) in [6, 6.07) is 0. The first-order valence-electron chi connectivity index (χ1n) is 5.65. The maximum absolute atomic E-state index is 12.9. The van der Waals surface area contributed by atoms with Crippen LogP contribution >= 0.6 is 0 Å². The van der Waals surface area contributed by atoms with Crippen molar-refractivity contribution >= 4 is 0 Å². The van der Waals surface area contributed by atoms with Crippen molar-refractivity contribution in [3.8, 4) is 0 Å². The first-order chi connectivity index (χ1) is 7.04. The highest BCUT2D eigenvalue weighted by molar-refractivity contribution is 5.05. The molecule has 0 aromatic heterocycles. The molecule has 0 atom stereocenters. The van der Waals surface area contributed by atoms with Crippen molar-refractivity contribution in [2.45, 2.75) is 44.7 Å². The zero-order valence-electron chi connectivity index (χ0n) is 8.79. The van der Waals surface area contributed by atoms with Crippen molar-refractivity contribution < 1.29 is 13.2 Å². The van der Waals surface area contributed by atoms with E-state index < -0.39 is 11.6 Å². The molecule has 0 amide bonds. The van der Waals surface area contributed by atoms with Crippen LogP contribution in [0, 0.1) is 11.3 Å². The highest BCUT2D eigenvalue weighted by Gasteiger charge is 2.58. The van der Waals surface area contributed by atoms with E-state index in [9.17, 15) is 13.2 Å². The molecular formula is C11H17F3N. The van der Waals surface area contributed by atoms with Crippen LogP contribution in [0.3, 0.4) is 0 Å². The van der Waals surface area contributed by atoms with Crippen LogP contribution in [-0.2, 0) is 0 Å². The summed E-state index contributed by atoms with van der Waals surface area (Å²) in [6.07, 6.45) is -0.622. The molecule has 2 aliphatic rings. The summed E-state index contributed by atoms with van der Waals surface area (Å²) in [4.78, 5) is 0. The molecule has 0 spiro atoms. The monoisotopic (exact) mass is 220 g/mol. The highest BCUT2D eigenvalue weighted by Crippen LogP contribution is 2.57. The molecule has 1 nitrogen and oxygen atoms in total. The number of piperidine rings is 1. The fourth-order valence-electron chi connectivity index (χ4n) is 2.60. The van der Waals surface area contributed by atoms with E-state index >= 15 is 0 Å². The Balaban J connectivity index is 1.95. The van der Waals surface area contributed by atoms with Gasteiger partial charge < -0.3 is 5.32 Å². The number of halogens is 3. The summed E-state index contributed by atoms with van der Waals surface area (Å²) < 4.78 is 38.6. The average molecular weight is 220 g/mol. The van der Waals surface area contributed by atoms with Crippen molar-refractivity contribution in [3.63, 3.8) is 0 Å².